The number of aromatic nitrogens is 1. The minimum Gasteiger partial charge on any atom is -0.352 e. The summed E-state index contributed by atoms with van der Waals surface area (Å²) < 4.78 is 0. The Hall–Kier alpha value is -1.33. The number of H-pyrrole nitrogens is 1. The van der Waals surface area contributed by atoms with Crippen LogP contribution in [-0.4, -0.2) is 30.5 Å². The topological polar surface area (TPSA) is 74.0 Å². The molecule has 1 aliphatic heterocycles. The summed E-state index contributed by atoms with van der Waals surface area (Å²) in [4.78, 5) is 27.2. The highest BCUT2D eigenvalue weighted by Gasteiger charge is 2.18. The molecule has 5 nitrogen and oxygen atoms in total. The molecule has 1 fully saturated rings. The van der Waals surface area contributed by atoms with E-state index < -0.39 is 0 Å². The number of amides is 1. The number of hydrogen-bond donors (Lipinski definition) is 3. The van der Waals surface area contributed by atoms with Crippen molar-refractivity contribution in [2.45, 2.75) is 44.9 Å². The molecular weight excluding hydrogens is 314 g/mol. The number of nitrogens with one attached hydrogen (secondary N) is 3. The van der Waals surface area contributed by atoms with Crippen LogP contribution in [0.2, 0.25) is 0 Å². The summed E-state index contributed by atoms with van der Waals surface area (Å²) >= 11 is 0. The monoisotopic (exact) mass is 339 g/mol. The van der Waals surface area contributed by atoms with E-state index in [1.165, 1.54) is 12.8 Å². The number of carbonyl (C=O) groups is 1. The van der Waals surface area contributed by atoms with Gasteiger partial charge in [0.05, 0.1) is 0 Å². The third kappa shape index (κ3) is 4.58. The molecule has 0 saturated carbocycles. The number of carbonyl (C=O) groups excluding carboxylic acids is 1. The number of pyridine rings is 1. The van der Waals surface area contributed by atoms with Crippen LogP contribution >= 0.6 is 12.4 Å². The Labute approximate surface area is 143 Å². The predicted molar refractivity (Wildman–Crippen MR) is 93.5 cm³/mol. The second-order valence-electron chi connectivity index (χ2n) is 6.48. The van der Waals surface area contributed by atoms with E-state index in [1.54, 1.807) is 6.07 Å². The van der Waals surface area contributed by atoms with E-state index in [0.717, 1.165) is 56.5 Å². The number of aryl methyl sites for hydroxylation is 2. The predicted octanol–water partition coefficient (Wildman–Crippen LogP) is 1.79. The van der Waals surface area contributed by atoms with Gasteiger partial charge in [-0.1, -0.05) is 0 Å². The number of fused-ring (bicyclic) bond motifs is 1. The van der Waals surface area contributed by atoms with E-state index in [1.807, 2.05) is 0 Å². The van der Waals surface area contributed by atoms with Gasteiger partial charge in [0, 0.05) is 12.2 Å². The van der Waals surface area contributed by atoms with Crippen molar-refractivity contribution in [1.82, 2.24) is 15.6 Å². The maximum atomic E-state index is 12.2. The van der Waals surface area contributed by atoms with E-state index in [-0.39, 0.29) is 29.4 Å². The zero-order chi connectivity index (χ0) is 15.4. The van der Waals surface area contributed by atoms with Crippen molar-refractivity contribution in [3.63, 3.8) is 0 Å². The lowest BCUT2D eigenvalue weighted by Gasteiger charge is -2.22. The number of halogens is 1. The van der Waals surface area contributed by atoms with Crippen LogP contribution in [0.25, 0.3) is 0 Å². The van der Waals surface area contributed by atoms with E-state index >= 15 is 0 Å². The largest absolute Gasteiger partial charge is 0.352 e. The van der Waals surface area contributed by atoms with Gasteiger partial charge in [-0.25, -0.2) is 0 Å². The summed E-state index contributed by atoms with van der Waals surface area (Å²) in [5.74, 6) is 0.397. The molecule has 1 aromatic heterocycles. The Kier molecular flexibility index (Phi) is 6.66. The van der Waals surface area contributed by atoms with Crippen LogP contribution in [0.4, 0.5) is 0 Å². The lowest BCUT2D eigenvalue weighted by Crippen LogP contribution is -2.35. The molecule has 0 aromatic carbocycles. The fraction of sp³-hybridized carbons (Fsp3) is 0.647. The minimum absolute atomic E-state index is 0. The van der Waals surface area contributed by atoms with Crippen molar-refractivity contribution in [1.29, 1.82) is 0 Å². The summed E-state index contributed by atoms with van der Waals surface area (Å²) in [6.07, 6.45) is 7.53. The van der Waals surface area contributed by atoms with Crippen LogP contribution in [0, 0.1) is 5.92 Å². The Balaban J connectivity index is 0.00000192. The SMILES string of the molecule is Cl.O=C(NCCC1CCCNC1)c1cc2c([nH]c1=O)CCCC2. The molecule has 23 heavy (non-hydrogen) atoms. The lowest BCUT2D eigenvalue weighted by atomic mass is 9.94. The summed E-state index contributed by atoms with van der Waals surface area (Å²) in [7, 11) is 0. The lowest BCUT2D eigenvalue weighted by molar-refractivity contribution is 0.0949. The molecule has 6 heteroatoms. The van der Waals surface area contributed by atoms with Crippen molar-refractivity contribution in [3.8, 4) is 0 Å². The van der Waals surface area contributed by atoms with Gasteiger partial charge in [0.25, 0.3) is 11.5 Å². The molecule has 1 atom stereocenters. The minimum atomic E-state index is -0.252. The second-order valence-corrected chi connectivity index (χ2v) is 6.48. The quantitative estimate of drug-likeness (QED) is 0.783. The van der Waals surface area contributed by atoms with Gasteiger partial charge in [-0.3, -0.25) is 9.59 Å². The Morgan fingerprint density at radius 3 is 2.87 bits per heavy atom. The fourth-order valence-electron chi connectivity index (χ4n) is 3.50. The standard InChI is InChI=1S/C17H25N3O2.ClH/c21-16(19-9-7-12-4-3-8-18-11-12)14-10-13-5-1-2-6-15(13)20-17(14)22;/h10,12,18H,1-9,11H2,(H,19,21)(H,20,22);1H. The normalized spacial score (nSPS) is 20.3. The molecule has 1 aromatic rings. The summed E-state index contributed by atoms with van der Waals surface area (Å²) in [5.41, 5.74) is 2.16. The molecule has 2 heterocycles. The average Bonchev–Trinajstić information content (AvgIpc) is 2.55. The Morgan fingerprint density at radius 1 is 1.26 bits per heavy atom. The smallest absolute Gasteiger partial charge is 0.261 e. The van der Waals surface area contributed by atoms with Gasteiger partial charge in [0.1, 0.15) is 5.56 Å². The first-order valence-electron chi connectivity index (χ1n) is 8.48. The molecule has 1 aliphatic carbocycles. The van der Waals surface area contributed by atoms with Crippen LogP contribution in [0.5, 0.6) is 0 Å². The van der Waals surface area contributed by atoms with Crippen LogP contribution in [-0.2, 0) is 12.8 Å². The van der Waals surface area contributed by atoms with Gasteiger partial charge in [0.2, 0.25) is 0 Å². The highest BCUT2D eigenvalue weighted by molar-refractivity contribution is 5.94. The number of rotatable bonds is 4. The van der Waals surface area contributed by atoms with Crippen LogP contribution in [0.3, 0.4) is 0 Å². The highest BCUT2D eigenvalue weighted by atomic mass is 35.5. The van der Waals surface area contributed by atoms with E-state index in [4.69, 9.17) is 0 Å². The van der Waals surface area contributed by atoms with Crippen molar-refractivity contribution >= 4 is 18.3 Å². The zero-order valence-corrected chi connectivity index (χ0v) is 14.3. The molecular formula is C17H26ClN3O2. The van der Waals surface area contributed by atoms with Crippen molar-refractivity contribution in [2.24, 2.45) is 5.92 Å². The molecule has 1 amide bonds. The first kappa shape index (κ1) is 18.0. The molecule has 0 bridgehead atoms. The van der Waals surface area contributed by atoms with Crippen molar-refractivity contribution in [2.75, 3.05) is 19.6 Å². The van der Waals surface area contributed by atoms with E-state index in [2.05, 4.69) is 15.6 Å². The van der Waals surface area contributed by atoms with Crippen molar-refractivity contribution in [3.05, 3.63) is 33.2 Å². The molecule has 1 unspecified atom stereocenters. The van der Waals surface area contributed by atoms with E-state index in [9.17, 15) is 9.59 Å². The second kappa shape index (κ2) is 8.50. The van der Waals surface area contributed by atoms with Gasteiger partial charge in [-0.2, -0.15) is 0 Å². The van der Waals surface area contributed by atoms with Gasteiger partial charge in [0.15, 0.2) is 0 Å². The highest BCUT2D eigenvalue weighted by Crippen LogP contribution is 2.18. The van der Waals surface area contributed by atoms with Crippen LogP contribution < -0.4 is 16.2 Å². The van der Waals surface area contributed by atoms with Gasteiger partial charge >= 0.3 is 0 Å². The number of aromatic amines is 1. The van der Waals surface area contributed by atoms with Crippen LogP contribution in [0.1, 0.15) is 53.7 Å². The number of piperidine rings is 1. The molecule has 1 saturated heterocycles. The van der Waals surface area contributed by atoms with E-state index in [0.29, 0.717) is 12.5 Å². The van der Waals surface area contributed by atoms with Gasteiger partial charge < -0.3 is 15.6 Å². The molecule has 0 spiro atoms. The first-order valence-corrected chi connectivity index (χ1v) is 8.48. The van der Waals surface area contributed by atoms with Gasteiger partial charge in [-0.05, 0) is 75.6 Å². The molecule has 0 radical (unpaired) electrons. The third-order valence-corrected chi connectivity index (χ3v) is 4.82. The summed E-state index contributed by atoms with van der Waals surface area (Å²) in [5, 5.41) is 6.29. The maximum Gasteiger partial charge on any atom is 0.261 e. The first-order chi connectivity index (χ1) is 10.7. The molecule has 2 aliphatic rings. The van der Waals surface area contributed by atoms with Crippen molar-refractivity contribution < 1.29 is 4.79 Å². The Morgan fingerprint density at radius 2 is 2.09 bits per heavy atom. The zero-order valence-electron chi connectivity index (χ0n) is 13.5. The van der Waals surface area contributed by atoms with Gasteiger partial charge in [-0.15, -0.1) is 12.4 Å². The average molecular weight is 340 g/mol. The third-order valence-electron chi connectivity index (χ3n) is 4.82. The molecule has 3 rings (SSSR count). The maximum absolute atomic E-state index is 12.2. The van der Waals surface area contributed by atoms with Crippen LogP contribution in [0.15, 0.2) is 10.9 Å². The molecule has 3 N–H and O–H groups in total. The fourth-order valence-corrected chi connectivity index (χ4v) is 3.50. The molecule has 128 valence electrons. The Bertz CT molecular complexity index is 594. The number of hydrogen-bond acceptors (Lipinski definition) is 3. The summed E-state index contributed by atoms with van der Waals surface area (Å²) in [6, 6.07) is 1.80. The summed E-state index contributed by atoms with van der Waals surface area (Å²) in [6.45, 7) is 2.78.